The van der Waals surface area contributed by atoms with E-state index in [2.05, 4.69) is 18.2 Å². The number of piperazine rings is 1. The number of benzene rings is 3. The molecule has 0 aliphatic carbocycles. The Morgan fingerprint density at radius 3 is 2.17 bits per heavy atom. The molecule has 176 valence electrons. The Balaban J connectivity index is 1.36. The van der Waals surface area contributed by atoms with Gasteiger partial charge in [0.1, 0.15) is 5.82 Å². The van der Waals surface area contributed by atoms with Gasteiger partial charge < -0.3 is 9.80 Å². The molecule has 1 aliphatic rings. The molecule has 0 saturated carbocycles. The number of hydrogen-bond donors (Lipinski definition) is 0. The number of carbonyl (C=O) groups is 2. The zero-order valence-corrected chi connectivity index (χ0v) is 19.6. The van der Waals surface area contributed by atoms with E-state index < -0.39 is 0 Å². The normalized spacial score (nSPS) is 13.8. The third-order valence-electron chi connectivity index (χ3n) is 6.60. The maximum Gasteiger partial charge on any atom is 0.253 e. The van der Waals surface area contributed by atoms with Crippen molar-refractivity contribution in [2.24, 2.45) is 0 Å². The van der Waals surface area contributed by atoms with E-state index >= 15 is 0 Å². The van der Waals surface area contributed by atoms with Gasteiger partial charge in [-0.1, -0.05) is 48.5 Å². The number of fused-ring (bicyclic) bond motifs is 1. The molecule has 1 aliphatic heterocycles. The summed E-state index contributed by atoms with van der Waals surface area (Å²) in [6, 6.07) is 23.7. The second-order valence-corrected chi connectivity index (χ2v) is 8.79. The summed E-state index contributed by atoms with van der Waals surface area (Å²) in [5.41, 5.74) is 5.26. The largest absolute Gasteiger partial charge is 0.339 e. The molecule has 0 bridgehead atoms. The van der Waals surface area contributed by atoms with Crippen LogP contribution in [0.3, 0.4) is 0 Å². The number of aryl methyl sites for hydroxylation is 1. The Morgan fingerprint density at radius 2 is 1.46 bits per heavy atom. The van der Waals surface area contributed by atoms with E-state index in [-0.39, 0.29) is 24.1 Å². The van der Waals surface area contributed by atoms with Gasteiger partial charge >= 0.3 is 0 Å². The van der Waals surface area contributed by atoms with E-state index in [0.717, 1.165) is 33.3 Å². The molecule has 1 aromatic heterocycles. The number of halogens is 1. The highest BCUT2D eigenvalue weighted by Crippen LogP contribution is 2.33. The van der Waals surface area contributed by atoms with Crippen molar-refractivity contribution in [3.8, 4) is 11.1 Å². The van der Waals surface area contributed by atoms with Crippen LogP contribution in [0.4, 0.5) is 4.39 Å². The van der Waals surface area contributed by atoms with E-state index in [4.69, 9.17) is 4.98 Å². The topological polar surface area (TPSA) is 53.5 Å². The predicted octanol–water partition coefficient (Wildman–Crippen LogP) is 4.88. The van der Waals surface area contributed by atoms with Crippen LogP contribution in [0.5, 0.6) is 0 Å². The lowest BCUT2D eigenvalue weighted by Crippen LogP contribution is -2.51. The van der Waals surface area contributed by atoms with E-state index in [9.17, 15) is 14.0 Å². The van der Waals surface area contributed by atoms with Gasteiger partial charge in [-0.15, -0.1) is 0 Å². The lowest BCUT2D eigenvalue weighted by molar-refractivity contribution is -0.131. The molecule has 1 fully saturated rings. The van der Waals surface area contributed by atoms with Crippen LogP contribution < -0.4 is 0 Å². The SMILES string of the molecule is Cc1nc2ccccc2c(-c2ccccc2)c1CC(=O)N1CCN(C(=O)c2ccc(F)cc2)CC1. The van der Waals surface area contributed by atoms with Crippen LogP contribution in [0.25, 0.3) is 22.0 Å². The first kappa shape index (κ1) is 22.7. The molecule has 0 N–H and O–H groups in total. The highest BCUT2D eigenvalue weighted by molar-refractivity contribution is 5.98. The number of hydrogen-bond acceptors (Lipinski definition) is 3. The molecule has 0 unspecified atom stereocenters. The Kier molecular flexibility index (Phi) is 6.27. The van der Waals surface area contributed by atoms with Gasteiger partial charge in [-0.05, 0) is 53.9 Å². The summed E-state index contributed by atoms with van der Waals surface area (Å²) in [4.78, 5) is 34.4. The first-order valence-electron chi connectivity index (χ1n) is 11.8. The first-order chi connectivity index (χ1) is 17.0. The summed E-state index contributed by atoms with van der Waals surface area (Å²) < 4.78 is 13.2. The summed E-state index contributed by atoms with van der Waals surface area (Å²) in [7, 11) is 0. The molecule has 6 heteroatoms. The van der Waals surface area contributed by atoms with Gasteiger partial charge in [-0.2, -0.15) is 0 Å². The molecule has 2 amide bonds. The molecule has 2 heterocycles. The zero-order chi connectivity index (χ0) is 24.4. The minimum Gasteiger partial charge on any atom is -0.339 e. The van der Waals surface area contributed by atoms with Crippen LogP contribution in [0, 0.1) is 12.7 Å². The zero-order valence-electron chi connectivity index (χ0n) is 19.6. The average Bonchev–Trinajstić information content (AvgIpc) is 2.89. The number of pyridine rings is 1. The molecular weight excluding hydrogens is 441 g/mol. The quantitative estimate of drug-likeness (QED) is 0.430. The van der Waals surface area contributed by atoms with Crippen LogP contribution >= 0.6 is 0 Å². The van der Waals surface area contributed by atoms with Crippen molar-refractivity contribution in [2.75, 3.05) is 26.2 Å². The fraction of sp³-hybridized carbons (Fsp3) is 0.207. The van der Waals surface area contributed by atoms with Crippen LogP contribution in [-0.4, -0.2) is 52.8 Å². The molecule has 4 aromatic rings. The Bertz CT molecular complexity index is 1380. The van der Waals surface area contributed by atoms with E-state index in [1.54, 1.807) is 4.90 Å². The fourth-order valence-corrected chi connectivity index (χ4v) is 4.72. The molecule has 35 heavy (non-hydrogen) atoms. The van der Waals surface area contributed by atoms with Crippen molar-refractivity contribution in [3.05, 3.63) is 102 Å². The van der Waals surface area contributed by atoms with Crippen molar-refractivity contribution in [1.29, 1.82) is 0 Å². The minimum absolute atomic E-state index is 0.0243. The summed E-state index contributed by atoms with van der Waals surface area (Å²) in [5.74, 6) is -0.486. The third-order valence-corrected chi connectivity index (χ3v) is 6.60. The number of para-hydroxylation sites is 1. The molecule has 3 aromatic carbocycles. The van der Waals surface area contributed by atoms with Crippen LogP contribution in [-0.2, 0) is 11.2 Å². The van der Waals surface area contributed by atoms with Crippen molar-refractivity contribution in [1.82, 2.24) is 14.8 Å². The summed E-state index contributed by atoms with van der Waals surface area (Å²) >= 11 is 0. The fourth-order valence-electron chi connectivity index (χ4n) is 4.72. The molecule has 0 spiro atoms. The summed E-state index contributed by atoms with van der Waals surface area (Å²) in [6.45, 7) is 3.78. The van der Waals surface area contributed by atoms with Crippen molar-refractivity contribution in [2.45, 2.75) is 13.3 Å². The number of rotatable bonds is 4. The van der Waals surface area contributed by atoms with E-state index in [1.165, 1.54) is 24.3 Å². The molecule has 1 saturated heterocycles. The summed E-state index contributed by atoms with van der Waals surface area (Å²) in [5, 5.41) is 1.03. The summed E-state index contributed by atoms with van der Waals surface area (Å²) in [6.07, 6.45) is 0.250. The number of nitrogens with zero attached hydrogens (tertiary/aromatic N) is 3. The molecular formula is C29H26FN3O2. The maximum absolute atomic E-state index is 13.4. The molecule has 0 atom stereocenters. The van der Waals surface area contributed by atoms with Gasteiger partial charge in [0.05, 0.1) is 11.9 Å². The number of aromatic nitrogens is 1. The lowest BCUT2D eigenvalue weighted by Gasteiger charge is -2.35. The van der Waals surface area contributed by atoms with Gasteiger partial charge in [0, 0.05) is 42.8 Å². The van der Waals surface area contributed by atoms with Crippen molar-refractivity contribution in [3.63, 3.8) is 0 Å². The van der Waals surface area contributed by atoms with Gasteiger partial charge in [0.2, 0.25) is 5.91 Å². The van der Waals surface area contributed by atoms with Crippen LogP contribution in [0.2, 0.25) is 0 Å². The van der Waals surface area contributed by atoms with Gasteiger partial charge in [-0.3, -0.25) is 14.6 Å². The van der Waals surface area contributed by atoms with E-state index in [1.807, 2.05) is 48.2 Å². The maximum atomic E-state index is 13.4. The Labute approximate surface area is 203 Å². The van der Waals surface area contributed by atoms with Gasteiger partial charge in [0.15, 0.2) is 0 Å². The average molecular weight is 468 g/mol. The minimum atomic E-state index is -0.370. The van der Waals surface area contributed by atoms with Crippen LogP contribution in [0.15, 0.2) is 78.9 Å². The number of amides is 2. The smallest absolute Gasteiger partial charge is 0.253 e. The van der Waals surface area contributed by atoms with E-state index in [0.29, 0.717) is 31.7 Å². The van der Waals surface area contributed by atoms with Gasteiger partial charge in [-0.25, -0.2) is 4.39 Å². The number of carbonyl (C=O) groups excluding carboxylic acids is 2. The first-order valence-corrected chi connectivity index (χ1v) is 11.8. The highest BCUT2D eigenvalue weighted by atomic mass is 19.1. The van der Waals surface area contributed by atoms with Crippen molar-refractivity contribution >= 4 is 22.7 Å². The molecule has 5 nitrogen and oxygen atoms in total. The van der Waals surface area contributed by atoms with Gasteiger partial charge in [0.25, 0.3) is 5.91 Å². The molecule has 0 radical (unpaired) electrons. The Hall–Kier alpha value is -4.06. The van der Waals surface area contributed by atoms with Crippen molar-refractivity contribution < 1.29 is 14.0 Å². The lowest BCUT2D eigenvalue weighted by atomic mass is 9.92. The second-order valence-electron chi connectivity index (χ2n) is 8.79. The Morgan fingerprint density at radius 1 is 0.829 bits per heavy atom. The third kappa shape index (κ3) is 4.64. The standard InChI is InChI=1S/C29H26FN3O2/c1-20-25(28(21-7-3-2-4-8-21)24-9-5-6-10-26(24)31-20)19-27(34)32-15-17-33(18-16-32)29(35)22-11-13-23(30)14-12-22/h2-14H,15-19H2,1H3. The monoisotopic (exact) mass is 467 g/mol. The van der Waals surface area contributed by atoms with Crippen LogP contribution in [0.1, 0.15) is 21.6 Å². The highest BCUT2D eigenvalue weighted by Gasteiger charge is 2.26. The molecule has 5 rings (SSSR count). The predicted molar refractivity (Wildman–Crippen MR) is 135 cm³/mol. The second kappa shape index (κ2) is 9.66.